The molecule has 1 fully saturated rings. The maximum absolute atomic E-state index is 5.73. The van der Waals surface area contributed by atoms with Crippen molar-refractivity contribution in [1.29, 1.82) is 0 Å². The zero-order chi connectivity index (χ0) is 12.1. The lowest BCUT2D eigenvalue weighted by molar-refractivity contribution is -0.0820. The lowest BCUT2D eigenvalue weighted by Crippen LogP contribution is -2.35. The minimum absolute atomic E-state index is 0.353. The van der Waals surface area contributed by atoms with Gasteiger partial charge in [-0.25, -0.2) is 0 Å². The first-order valence-electron chi connectivity index (χ1n) is 6.51. The van der Waals surface area contributed by atoms with Crippen LogP contribution in [0.25, 0.3) is 0 Å². The van der Waals surface area contributed by atoms with E-state index in [1.165, 1.54) is 5.56 Å². The minimum Gasteiger partial charge on any atom is -0.376 e. The highest BCUT2D eigenvalue weighted by Crippen LogP contribution is 2.31. The lowest BCUT2D eigenvalue weighted by atomic mass is 9.83. The maximum atomic E-state index is 5.73. The summed E-state index contributed by atoms with van der Waals surface area (Å²) in [4.78, 5) is 0. The summed E-state index contributed by atoms with van der Waals surface area (Å²) in [5, 5.41) is 0. The quantitative estimate of drug-likeness (QED) is 0.751. The highest BCUT2D eigenvalue weighted by Gasteiger charge is 2.30. The topological polar surface area (TPSA) is 18.5 Å². The molecule has 0 atom stereocenters. The molecule has 0 saturated heterocycles. The molecule has 2 heteroatoms. The molecule has 1 aromatic rings. The molecule has 0 spiro atoms. The third-order valence-corrected chi connectivity index (χ3v) is 3.12. The minimum atomic E-state index is 0.353. The first kappa shape index (κ1) is 12.6. The van der Waals surface area contributed by atoms with E-state index in [1.54, 1.807) is 0 Å². The molecule has 1 saturated carbocycles. The molecule has 0 aliphatic heterocycles. The van der Waals surface area contributed by atoms with Gasteiger partial charge in [0.25, 0.3) is 0 Å². The average Bonchev–Trinajstić information content (AvgIpc) is 2.26. The molecular formula is C15H22O2. The summed E-state index contributed by atoms with van der Waals surface area (Å²) in [6.45, 7) is 5.79. The Kier molecular flexibility index (Phi) is 4.57. The van der Waals surface area contributed by atoms with Crippen LogP contribution < -0.4 is 0 Å². The predicted molar refractivity (Wildman–Crippen MR) is 68.8 cm³/mol. The summed E-state index contributed by atoms with van der Waals surface area (Å²) in [5.41, 5.74) is 1.25. The van der Waals surface area contributed by atoms with E-state index in [4.69, 9.17) is 9.47 Å². The molecule has 94 valence electrons. The van der Waals surface area contributed by atoms with Crippen LogP contribution in [0.2, 0.25) is 0 Å². The molecule has 0 N–H and O–H groups in total. The van der Waals surface area contributed by atoms with Gasteiger partial charge >= 0.3 is 0 Å². The van der Waals surface area contributed by atoms with Crippen LogP contribution in [0.3, 0.4) is 0 Å². The van der Waals surface area contributed by atoms with Crippen molar-refractivity contribution in [3.8, 4) is 0 Å². The Morgan fingerprint density at radius 1 is 1.18 bits per heavy atom. The van der Waals surface area contributed by atoms with Gasteiger partial charge in [-0.05, 0) is 38.2 Å². The second-order valence-electron chi connectivity index (χ2n) is 5.15. The fourth-order valence-corrected chi connectivity index (χ4v) is 2.22. The second-order valence-corrected chi connectivity index (χ2v) is 5.15. The largest absolute Gasteiger partial charge is 0.376 e. The van der Waals surface area contributed by atoms with E-state index in [-0.39, 0.29) is 0 Å². The van der Waals surface area contributed by atoms with Crippen molar-refractivity contribution in [3.63, 3.8) is 0 Å². The van der Waals surface area contributed by atoms with Crippen LogP contribution in [0.4, 0.5) is 0 Å². The number of benzene rings is 1. The molecule has 2 nitrogen and oxygen atoms in total. The van der Waals surface area contributed by atoms with Crippen molar-refractivity contribution in [1.82, 2.24) is 0 Å². The highest BCUT2D eigenvalue weighted by atomic mass is 16.5. The Morgan fingerprint density at radius 2 is 1.88 bits per heavy atom. The summed E-state index contributed by atoms with van der Waals surface area (Å²) in [6.07, 6.45) is 3.14. The van der Waals surface area contributed by atoms with Crippen LogP contribution in [0, 0.1) is 5.92 Å². The van der Waals surface area contributed by atoms with Gasteiger partial charge in [-0.15, -0.1) is 0 Å². The normalized spacial score (nSPS) is 23.7. The van der Waals surface area contributed by atoms with Gasteiger partial charge in [0.15, 0.2) is 0 Å². The van der Waals surface area contributed by atoms with Crippen LogP contribution in [0.15, 0.2) is 30.3 Å². The zero-order valence-electron chi connectivity index (χ0n) is 10.8. The fraction of sp³-hybridized carbons (Fsp3) is 0.600. The van der Waals surface area contributed by atoms with Crippen LogP contribution >= 0.6 is 0 Å². The van der Waals surface area contributed by atoms with Gasteiger partial charge in [-0.3, -0.25) is 0 Å². The Bertz CT molecular complexity index is 315. The molecule has 0 amide bonds. The maximum Gasteiger partial charge on any atom is 0.0717 e. The van der Waals surface area contributed by atoms with Gasteiger partial charge in [0.2, 0.25) is 0 Å². The summed E-state index contributed by atoms with van der Waals surface area (Å²) in [6, 6.07) is 10.3. The standard InChI is InChI=1S/C15H22O2/c1-12(2)17-15-8-14(9-15)11-16-10-13-6-4-3-5-7-13/h3-7,12,14-15H,8-11H2,1-2H3. The lowest BCUT2D eigenvalue weighted by Gasteiger charge is -2.36. The van der Waals surface area contributed by atoms with Crippen molar-refractivity contribution in [2.75, 3.05) is 6.61 Å². The van der Waals surface area contributed by atoms with E-state index in [0.717, 1.165) is 26.1 Å². The van der Waals surface area contributed by atoms with Gasteiger partial charge in [0, 0.05) is 0 Å². The molecule has 1 aliphatic rings. The van der Waals surface area contributed by atoms with Crippen molar-refractivity contribution in [3.05, 3.63) is 35.9 Å². The Hall–Kier alpha value is -0.860. The van der Waals surface area contributed by atoms with Gasteiger partial charge in [-0.2, -0.15) is 0 Å². The number of ether oxygens (including phenoxy) is 2. The molecule has 1 aromatic carbocycles. The molecule has 0 aromatic heterocycles. The first-order chi connectivity index (χ1) is 8.24. The molecule has 0 radical (unpaired) electrons. The van der Waals surface area contributed by atoms with Gasteiger partial charge < -0.3 is 9.47 Å². The summed E-state index contributed by atoms with van der Waals surface area (Å²) < 4.78 is 11.4. The van der Waals surface area contributed by atoms with E-state index < -0.39 is 0 Å². The van der Waals surface area contributed by atoms with Crippen molar-refractivity contribution in [2.45, 2.75) is 45.5 Å². The van der Waals surface area contributed by atoms with Crippen molar-refractivity contribution < 1.29 is 9.47 Å². The number of hydrogen-bond donors (Lipinski definition) is 0. The molecular weight excluding hydrogens is 212 g/mol. The molecule has 0 heterocycles. The van der Waals surface area contributed by atoms with Crippen molar-refractivity contribution >= 4 is 0 Å². The average molecular weight is 234 g/mol. The van der Waals surface area contributed by atoms with E-state index >= 15 is 0 Å². The third-order valence-electron chi connectivity index (χ3n) is 3.12. The summed E-state index contributed by atoms with van der Waals surface area (Å²) in [5.74, 6) is 0.697. The van der Waals surface area contributed by atoms with Gasteiger partial charge in [0.05, 0.1) is 25.4 Å². The molecule has 0 bridgehead atoms. The Labute approximate surface area is 104 Å². The van der Waals surface area contributed by atoms with Crippen LogP contribution in [0.5, 0.6) is 0 Å². The molecule has 2 rings (SSSR count). The predicted octanol–water partition coefficient (Wildman–Crippen LogP) is 3.41. The zero-order valence-corrected chi connectivity index (χ0v) is 10.8. The SMILES string of the molecule is CC(C)OC1CC(COCc2ccccc2)C1. The summed E-state index contributed by atoms with van der Waals surface area (Å²) in [7, 11) is 0. The number of rotatable bonds is 6. The van der Waals surface area contributed by atoms with E-state index in [2.05, 4.69) is 38.1 Å². The van der Waals surface area contributed by atoms with Crippen LogP contribution in [-0.4, -0.2) is 18.8 Å². The highest BCUT2D eigenvalue weighted by molar-refractivity contribution is 5.13. The first-order valence-corrected chi connectivity index (χ1v) is 6.51. The monoisotopic (exact) mass is 234 g/mol. The molecule has 1 aliphatic carbocycles. The Balaban J connectivity index is 1.56. The van der Waals surface area contributed by atoms with Crippen LogP contribution in [-0.2, 0) is 16.1 Å². The van der Waals surface area contributed by atoms with E-state index in [9.17, 15) is 0 Å². The summed E-state index contributed by atoms with van der Waals surface area (Å²) >= 11 is 0. The third kappa shape index (κ3) is 4.14. The molecule has 17 heavy (non-hydrogen) atoms. The van der Waals surface area contributed by atoms with Gasteiger partial charge in [0.1, 0.15) is 0 Å². The molecule has 0 unspecified atom stereocenters. The van der Waals surface area contributed by atoms with Crippen molar-refractivity contribution in [2.24, 2.45) is 5.92 Å². The van der Waals surface area contributed by atoms with E-state index in [1.807, 2.05) is 6.07 Å². The van der Waals surface area contributed by atoms with Gasteiger partial charge in [-0.1, -0.05) is 30.3 Å². The van der Waals surface area contributed by atoms with E-state index in [0.29, 0.717) is 18.1 Å². The fourth-order valence-electron chi connectivity index (χ4n) is 2.22. The Morgan fingerprint density at radius 3 is 2.53 bits per heavy atom. The second kappa shape index (κ2) is 6.18. The number of hydrogen-bond acceptors (Lipinski definition) is 2. The van der Waals surface area contributed by atoms with Crippen LogP contribution in [0.1, 0.15) is 32.3 Å². The smallest absolute Gasteiger partial charge is 0.0717 e.